The van der Waals surface area contributed by atoms with E-state index < -0.39 is 11.6 Å². The van der Waals surface area contributed by atoms with E-state index in [1.165, 1.54) is 4.68 Å². The molecule has 5 heteroatoms. The van der Waals surface area contributed by atoms with Gasteiger partial charge in [-0.2, -0.15) is 5.10 Å². The fourth-order valence-electron chi connectivity index (χ4n) is 1.94. The number of rotatable bonds is 1. The molecule has 0 atom stereocenters. The molecule has 2 aromatic carbocycles. The molecule has 1 heterocycles. The van der Waals surface area contributed by atoms with E-state index in [0.717, 1.165) is 17.5 Å². The van der Waals surface area contributed by atoms with Crippen LogP contribution >= 0.6 is 0 Å². The highest BCUT2D eigenvalue weighted by molar-refractivity contribution is 5.80. The molecule has 90 valence electrons. The van der Waals surface area contributed by atoms with Gasteiger partial charge in [-0.25, -0.2) is 13.5 Å². The fraction of sp³-hybridized carbons (Fsp3) is 0. The second kappa shape index (κ2) is 3.80. The third-order valence-electron chi connectivity index (χ3n) is 2.73. The van der Waals surface area contributed by atoms with Crippen molar-refractivity contribution in [3.8, 4) is 5.69 Å². The second-order valence-electron chi connectivity index (χ2n) is 3.95. The molecule has 0 radical (unpaired) electrons. The SMILES string of the molecule is Nc1cc(F)c(-n2ncc3ccccc32)c(F)c1. The summed E-state index contributed by atoms with van der Waals surface area (Å²) in [6, 6.07) is 9.35. The summed E-state index contributed by atoms with van der Waals surface area (Å²) in [5, 5.41) is 4.83. The number of benzene rings is 2. The molecular weight excluding hydrogens is 236 g/mol. The van der Waals surface area contributed by atoms with Gasteiger partial charge < -0.3 is 5.73 Å². The van der Waals surface area contributed by atoms with Crippen LogP contribution in [0.25, 0.3) is 16.6 Å². The normalized spacial score (nSPS) is 11.0. The van der Waals surface area contributed by atoms with Gasteiger partial charge in [0.15, 0.2) is 11.6 Å². The van der Waals surface area contributed by atoms with Crippen molar-refractivity contribution in [1.82, 2.24) is 9.78 Å². The van der Waals surface area contributed by atoms with Crippen LogP contribution in [-0.4, -0.2) is 9.78 Å². The number of hydrogen-bond acceptors (Lipinski definition) is 2. The molecule has 0 fully saturated rings. The summed E-state index contributed by atoms with van der Waals surface area (Å²) in [5.74, 6) is -1.47. The zero-order valence-electron chi connectivity index (χ0n) is 9.27. The molecule has 0 unspecified atom stereocenters. The van der Waals surface area contributed by atoms with Crippen LogP contribution in [0, 0.1) is 11.6 Å². The highest BCUT2D eigenvalue weighted by atomic mass is 19.1. The number of fused-ring (bicyclic) bond motifs is 1. The minimum absolute atomic E-state index is 0.0465. The van der Waals surface area contributed by atoms with Crippen molar-refractivity contribution in [1.29, 1.82) is 0 Å². The lowest BCUT2D eigenvalue weighted by atomic mass is 10.2. The van der Waals surface area contributed by atoms with Gasteiger partial charge in [0.1, 0.15) is 5.69 Å². The largest absolute Gasteiger partial charge is 0.399 e. The summed E-state index contributed by atoms with van der Waals surface area (Å²) < 4.78 is 28.9. The molecule has 0 bridgehead atoms. The average Bonchev–Trinajstić information content (AvgIpc) is 2.72. The van der Waals surface area contributed by atoms with Crippen molar-refractivity contribution in [3.05, 3.63) is 54.2 Å². The topological polar surface area (TPSA) is 43.8 Å². The number of halogens is 2. The summed E-state index contributed by atoms with van der Waals surface area (Å²) >= 11 is 0. The molecule has 0 spiro atoms. The Kier molecular flexibility index (Phi) is 2.26. The first-order valence-electron chi connectivity index (χ1n) is 5.34. The Morgan fingerprint density at radius 3 is 2.44 bits per heavy atom. The molecule has 2 N–H and O–H groups in total. The van der Waals surface area contributed by atoms with Gasteiger partial charge in [0.05, 0.1) is 11.7 Å². The van der Waals surface area contributed by atoms with Crippen molar-refractivity contribution in [2.45, 2.75) is 0 Å². The Bertz CT molecular complexity index is 711. The monoisotopic (exact) mass is 245 g/mol. The minimum Gasteiger partial charge on any atom is -0.399 e. The molecule has 3 rings (SSSR count). The third kappa shape index (κ3) is 1.52. The number of nitrogens with zero attached hydrogens (tertiary/aromatic N) is 2. The van der Waals surface area contributed by atoms with E-state index in [1.807, 2.05) is 12.1 Å². The van der Waals surface area contributed by atoms with E-state index in [-0.39, 0.29) is 11.4 Å². The maximum absolute atomic E-state index is 13.8. The smallest absolute Gasteiger partial charge is 0.153 e. The van der Waals surface area contributed by atoms with Gasteiger partial charge >= 0.3 is 0 Å². The van der Waals surface area contributed by atoms with Crippen molar-refractivity contribution < 1.29 is 8.78 Å². The molecular formula is C13H9F2N3. The molecule has 3 aromatic rings. The van der Waals surface area contributed by atoms with Crippen LogP contribution in [0.5, 0.6) is 0 Å². The quantitative estimate of drug-likeness (QED) is 0.670. The van der Waals surface area contributed by atoms with Crippen LogP contribution in [0.1, 0.15) is 0 Å². The Labute approximate surface area is 101 Å². The van der Waals surface area contributed by atoms with Gasteiger partial charge in [-0.1, -0.05) is 18.2 Å². The summed E-state index contributed by atoms with van der Waals surface area (Å²) in [5.41, 5.74) is 5.85. The van der Waals surface area contributed by atoms with Crippen molar-refractivity contribution in [2.75, 3.05) is 5.73 Å². The number of anilines is 1. The lowest BCUT2D eigenvalue weighted by Gasteiger charge is -2.07. The van der Waals surface area contributed by atoms with E-state index in [2.05, 4.69) is 5.10 Å². The van der Waals surface area contributed by atoms with Gasteiger partial charge in [-0.3, -0.25) is 0 Å². The lowest BCUT2D eigenvalue weighted by molar-refractivity contribution is 0.564. The Hall–Kier alpha value is -2.43. The first-order chi connectivity index (χ1) is 8.66. The standard InChI is InChI=1S/C13H9F2N3/c14-10-5-9(16)6-11(15)13(10)18-12-4-2-1-3-8(12)7-17-18/h1-7H,16H2. The molecule has 0 saturated carbocycles. The van der Waals surface area contributed by atoms with Gasteiger partial charge in [-0.15, -0.1) is 0 Å². The van der Waals surface area contributed by atoms with Crippen LogP contribution in [-0.2, 0) is 0 Å². The fourth-order valence-corrected chi connectivity index (χ4v) is 1.94. The number of hydrogen-bond donors (Lipinski definition) is 1. The average molecular weight is 245 g/mol. The maximum Gasteiger partial charge on any atom is 0.153 e. The number of aromatic nitrogens is 2. The second-order valence-corrected chi connectivity index (χ2v) is 3.95. The molecule has 0 saturated heterocycles. The van der Waals surface area contributed by atoms with Crippen molar-refractivity contribution in [3.63, 3.8) is 0 Å². The van der Waals surface area contributed by atoms with E-state index in [0.29, 0.717) is 5.52 Å². The van der Waals surface area contributed by atoms with E-state index in [4.69, 9.17) is 5.73 Å². The molecule has 0 amide bonds. The highest BCUT2D eigenvalue weighted by Gasteiger charge is 2.15. The van der Waals surface area contributed by atoms with Crippen LogP contribution in [0.4, 0.5) is 14.5 Å². The third-order valence-corrected chi connectivity index (χ3v) is 2.73. The molecule has 0 aliphatic rings. The predicted octanol–water partition coefficient (Wildman–Crippen LogP) is 2.89. The van der Waals surface area contributed by atoms with Crippen LogP contribution in [0.15, 0.2) is 42.6 Å². The van der Waals surface area contributed by atoms with Crippen LogP contribution < -0.4 is 5.73 Å². The Balaban J connectivity index is 2.33. The highest BCUT2D eigenvalue weighted by Crippen LogP contribution is 2.24. The van der Waals surface area contributed by atoms with Gasteiger partial charge in [0.2, 0.25) is 0 Å². The van der Waals surface area contributed by atoms with E-state index >= 15 is 0 Å². The predicted molar refractivity (Wildman–Crippen MR) is 65.4 cm³/mol. The molecule has 18 heavy (non-hydrogen) atoms. The van der Waals surface area contributed by atoms with Crippen molar-refractivity contribution in [2.24, 2.45) is 0 Å². The van der Waals surface area contributed by atoms with E-state index in [1.54, 1.807) is 18.3 Å². The number of nitrogen functional groups attached to an aromatic ring is 1. The summed E-state index contributed by atoms with van der Waals surface area (Å²) in [6.45, 7) is 0. The molecule has 3 nitrogen and oxygen atoms in total. The maximum atomic E-state index is 13.8. The summed E-state index contributed by atoms with van der Waals surface area (Å²) in [4.78, 5) is 0. The Morgan fingerprint density at radius 1 is 1.06 bits per heavy atom. The Morgan fingerprint density at radius 2 is 1.72 bits per heavy atom. The van der Waals surface area contributed by atoms with Gasteiger partial charge in [0.25, 0.3) is 0 Å². The van der Waals surface area contributed by atoms with Crippen molar-refractivity contribution >= 4 is 16.6 Å². The van der Waals surface area contributed by atoms with Gasteiger partial charge in [0, 0.05) is 11.1 Å². The lowest BCUT2D eigenvalue weighted by Crippen LogP contribution is -2.04. The first-order valence-corrected chi connectivity index (χ1v) is 5.34. The zero-order valence-corrected chi connectivity index (χ0v) is 9.27. The number of nitrogens with two attached hydrogens (primary N) is 1. The van der Waals surface area contributed by atoms with Gasteiger partial charge in [-0.05, 0) is 18.2 Å². The zero-order chi connectivity index (χ0) is 12.7. The minimum atomic E-state index is -0.735. The first kappa shape index (κ1) is 10.7. The molecule has 0 aliphatic carbocycles. The number of para-hydroxylation sites is 1. The van der Waals surface area contributed by atoms with E-state index in [9.17, 15) is 8.78 Å². The molecule has 1 aromatic heterocycles. The molecule has 0 aliphatic heterocycles. The summed E-state index contributed by atoms with van der Waals surface area (Å²) in [7, 11) is 0. The van der Waals surface area contributed by atoms with Crippen LogP contribution in [0.3, 0.4) is 0 Å². The summed E-state index contributed by atoms with van der Waals surface area (Å²) in [6.07, 6.45) is 1.56. The van der Waals surface area contributed by atoms with Crippen LogP contribution in [0.2, 0.25) is 0 Å².